The van der Waals surface area contributed by atoms with E-state index in [9.17, 15) is 26.4 Å². The van der Waals surface area contributed by atoms with Crippen LogP contribution in [0.1, 0.15) is 24.4 Å². The van der Waals surface area contributed by atoms with Gasteiger partial charge in [0.2, 0.25) is 10.0 Å². The van der Waals surface area contributed by atoms with Gasteiger partial charge in [-0.3, -0.25) is 19.4 Å². The zero-order chi connectivity index (χ0) is 24.9. The van der Waals surface area contributed by atoms with E-state index < -0.39 is 33.7 Å². The number of halogens is 3. The van der Waals surface area contributed by atoms with Crippen LogP contribution in [-0.2, 0) is 16.6 Å². The largest absolute Gasteiger partial charge is 0.573 e. The van der Waals surface area contributed by atoms with E-state index in [1.54, 1.807) is 19.4 Å². The standard InChI is InChI=1S/C21H25F3N4O5S.H2/c1-3-34(30,31)26-16-7-6-15(13-19(16)33-21(22,23)24)20(29)28-11-9-27(10-12-28)14-17-18(32-2)5-4-8-25-17;/h4-8,13,26H,3,9-12,14H2,1-2H3;1H. The Morgan fingerprint density at radius 3 is 2.50 bits per heavy atom. The number of nitrogens with zero attached hydrogens (tertiary/aromatic N) is 3. The summed E-state index contributed by atoms with van der Waals surface area (Å²) in [5, 5.41) is 0. The van der Waals surface area contributed by atoms with Crippen LogP contribution in [-0.4, -0.2) is 74.5 Å². The molecule has 34 heavy (non-hydrogen) atoms. The van der Waals surface area contributed by atoms with Gasteiger partial charge in [-0.25, -0.2) is 8.42 Å². The number of aromatic nitrogens is 1. The van der Waals surface area contributed by atoms with E-state index in [1.807, 2.05) is 10.8 Å². The number of amides is 1. The van der Waals surface area contributed by atoms with Crippen LogP contribution in [0.15, 0.2) is 36.5 Å². The first-order chi connectivity index (χ1) is 16.0. The van der Waals surface area contributed by atoms with Crippen LogP contribution in [0.4, 0.5) is 18.9 Å². The van der Waals surface area contributed by atoms with Crippen molar-refractivity contribution >= 4 is 21.6 Å². The second kappa shape index (κ2) is 10.5. The third-order valence-electron chi connectivity index (χ3n) is 5.20. The zero-order valence-corrected chi connectivity index (χ0v) is 19.4. The highest BCUT2D eigenvalue weighted by Crippen LogP contribution is 2.32. The summed E-state index contributed by atoms with van der Waals surface area (Å²) in [4.78, 5) is 20.9. The minimum Gasteiger partial charge on any atom is -0.495 e. The topological polar surface area (TPSA) is 101 Å². The maximum atomic E-state index is 12.9. The van der Waals surface area contributed by atoms with Crippen molar-refractivity contribution in [2.75, 3.05) is 43.8 Å². The Morgan fingerprint density at radius 2 is 1.88 bits per heavy atom. The summed E-state index contributed by atoms with van der Waals surface area (Å²) in [6.45, 7) is 3.65. The molecule has 1 fully saturated rings. The molecule has 188 valence electrons. The van der Waals surface area contributed by atoms with Gasteiger partial charge < -0.3 is 14.4 Å². The summed E-state index contributed by atoms with van der Waals surface area (Å²) >= 11 is 0. The molecule has 1 aliphatic rings. The Morgan fingerprint density at radius 1 is 1.18 bits per heavy atom. The van der Waals surface area contributed by atoms with E-state index >= 15 is 0 Å². The Hall–Kier alpha value is -3.06. The Balaban J connectivity index is 0.00000432. The van der Waals surface area contributed by atoms with Gasteiger partial charge in [-0.1, -0.05) is 0 Å². The highest BCUT2D eigenvalue weighted by molar-refractivity contribution is 7.92. The average molecular weight is 505 g/mol. The van der Waals surface area contributed by atoms with Crippen molar-refractivity contribution in [1.82, 2.24) is 14.8 Å². The Labute approximate surface area is 197 Å². The molecule has 1 N–H and O–H groups in total. The number of piperazine rings is 1. The van der Waals surface area contributed by atoms with Gasteiger partial charge in [0.05, 0.1) is 24.2 Å². The molecule has 0 atom stereocenters. The molecule has 0 saturated carbocycles. The molecular weight excluding hydrogens is 477 g/mol. The predicted octanol–water partition coefficient (Wildman–Crippen LogP) is 2.95. The van der Waals surface area contributed by atoms with Crippen LogP contribution in [0.5, 0.6) is 11.5 Å². The molecule has 9 nitrogen and oxygen atoms in total. The van der Waals surface area contributed by atoms with Crippen molar-refractivity contribution in [1.29, 1.82) is 0 Å². The SMILES string of the molecule is CCS(=O)(=O)Nc1ccc(C(=O)N2CCN(Cc3ncccc3OC)CC2)cc1OC(F)(F)F.[HH]. The quantitative estimate of drug-likeness (QED) is 0.590. The van der Waals surface area contributed by atoms with Crippen LogP contribution >= 0.6 is 0 Å². The number of rotatable bonds is 8. The van der Waals surface area contributed by atoms with Gasteiger partial charge >= 0.3 is 6.36 Å². The lowest BCUT2D eigenvalue weighted by atomic mass is 10.1. The number of nitrogens with one attached hydrogen (secondary N) is 1. The van der Waals surface area contributed by atoms with Crippen LogP contribution in [0.25, 0.3) is 0 Å². The van der Waals surface area contributed by atoms with Crippen molar-refractivity contribution < 1.29 is 37.3 Å². The molecule has 0 unspecified atom stereocenters. The highest BCUT2D eigenvalue weighted by Gasteiger charge is 2.33. The molecule has 3 rings (SSSR count). The molecule has 13 heteroatoms. The summed E-state index contributed by atoms with van der Waals surface area (Å²) in [6.07, 6.45) is -3.39. The maximum Gasteiger partial charge on any atom is 0.573 e. The van der Waals surface area contributed by atoms with Crippen LogP contribution < -0.4 is 14.2 Å². The number of carbonyl (C=O) groups excluding carboxylic acids is 1. The minimum absolute atomic E-state index is 0. The average Bonchev–Trinajstić information content (AvgIpc) is 2.79. The van der Waals surface area contributed by atoms with Crippen molar-refractivity contribution in [2.45, 2.75) is 19.8 Å². The third kappa shape index (κ3) is 6.73. The number of anilines is 1. The Kier molecular flexibility index (Phi) is 7.87. The third-order valence-corrected chi connectivity index (χ3v) is 6.49. The number of methoxy groups -OCH3 is 1. The second-order valence-electron chi connectivity index (χ2n) is 7.48. The van der Waals surface area contributed by atoms with Crippen molar-refractivity contribution in [3.05, 3.63) is 47.8 Å². The number of benzene rings is 1. The lowest BCUT2D eigenvalue weighted by Gasteiger charge is -2.34. The minimum atomic E-state index is -5.06. The van der Waals surface area contributed by atoms with Gasteiger partial charge in [0.1, 0.15) is 5.75 Å². The highest BCUT2D eigenvalue weighted by atomic mass is 32.2. The molecule has 0 spiro atoms. The fourth-order valence-corrected chi connectivity index (χ4v) is 4.07. The van der Waals surface area contributed by atoms with Gasteiger partial charge in [0, 0.05) is 45.9 Å². The number of sulfonamides is 1. The first kappa shape index (κ1) is 25.6. The van der Waals surface area contributed by atoms with E-state index in [4.69, 9.17) is 4.74 Å². The fraction of sp³-hybridized carbons (Fsp3) is 0.429. The maximum absolute atomic E-state index is 12.9. The normalized spacial score (nSPS) is 15.1. The van der Waals surface area contributed by atoms with Crippen LogP contribution in [0, 0.1) is 0 Å². The number of carbonyl (C=O) groups is 1. The summed E-state index contributed by atoms with van der Waals surface area (Å²) in [7, 11) is -2.29. The molecule has 1 aromatic carbocycles. The first-order valence-corrected chi connectivity index (χ1v) is 12.1. The van der Waals surface area contributed by atoms with E-state index in [0.717, 1.165) is 17.8 Å². The smallest absolute Gasteiger partial charge is 0.495 e. The fourth-order valence-electron chi connectivity index (χ4n) is 3.42. The number of hydrogen-bond acceptors (Lipinski definition) is 7. The van der Waals surface area contributed by atoms with E-state index in [1.165, 1.54) is 17.9 Å². The van der Waals surface area contributed by atoms with E-state index in [-0.39, 0.29) is 12.7 Å². The zero-order valence-electron chi connectivity index (χ0n) is 18.6. The molecular formula is C21H27F3N4O5S. The van der Waals surface area contributed by atoms with Crippen molar-refractivity contribution in [3.63, 3.8) is 0 Å². The first-order valence-electron chi connectivity index (χ1n) is 10.4. The molecule has 1 aliphatic heterocycles. The summed E-state index contributed by atoms with van der Waals surface area (Å²) in [5.74, 6) is -0.950. The van der Waals surface area contributed by atoms with Crippen molar-refractivity contribution in [2.24, 2.45) is 0 Å². The second-order valence-corrected chi connectivity index (χ2v) is 9.50. The van der Waals surface area contributed by atoms with Gasteiger partial charge in [0.15, 0.2) is 5.75 Å². The van der Waals surface area contributed by atoms with Gasteiger partial charge in [-0.05, 0) is 37.3 Å². The number of alkyl halides is 3. The van der Waals surface area contributed by atoms with Crippen LogP contribution in [0.3, 0.4) is 0 Å². The lowest BCUT2D eigenvalue weighted by Crippen LogP contribution is -2.48. The monoisotopic (exact) mass is 504 g/mol. The van der Waals surface area contributed by atoms with Gasteiger partial charge in [-0.2, -0.15) is 0 Å². The summed E-state index contributed by atoms with van der Waals surface area (Å²) in [6, 6.07) is 6.84. The molecule has 0 radical (unpaired) electrons. The van der Waals surface area contributed by atoms with Crippen LogP contribution in [0.2, 0.25) is 0 Å². The molecule has 1 amide bonds. The number of pyridine rings is 1. The molecule has 0 bridgehead atoms. The lowest BCUT2D eigenvalue weighted by molar-refractivity contribution is -0.274. The molecule has 2 heterocycles. The molecule has 0 aliphatic carbocycles. The van der Waals surface area contributed by atoms with E-state index in [0.29, 0.717) is 38.5 Å². The molecule has 2 aromatic rings. The number of ether oxygens (including phenoxy) is 2. The number of hydrogen-bond donors (Lipinski definition) is 1. The molecule has 1 aromatic heterocycles. The van der Waals surface area contributed by atoms with Gasteiger partial charge in [0.25, 0.3) is 5.91 Å². The van der Waals surface area contributed by atoms with Gasteiger partial charge in [-0.15, -0.1) is 13.2 Å². The predicted molar refractivity (Wildman–Crippen MR) is 120 cm³/mol. The molecule has 1 saturated heterocycles. The summed E-state index contributed by atoms with van der Waals surface area (Å²) in [5.41, 5.74) is 0.326. The van der Waals surface area contributed by atoms with Crippen molar-refractivity contribution in [3.8, 4) is 11.5 Å². The Bertz CT molecular complexity index is 1130. The summed E-state index contributed by atoms with van der Waals surface area (Å²) < 4.78 is 73.6. The van der Waals surface area contributed by atoms with E-state index in [2.05, 4.69) is 14.6 Å².